The average Bonchev–Trinajstić information content (AvgIpc) is 2.64. The molecular weight excluding hydrogens is 322 g/mol. The van der Waals surface area contributed by atoms with Gasteiger partial charge < -0.3 is 9.80 Å². The summed E-state index contributed by atoms with van der Waals surface area (Å²) in [7, 11) is 0. The molecule has 0 radical (unpaired) electrons. The normalized spacial score (nSPS) is 29.7. The van der Waals surface area contributed by atoms with Gasteiger partial charge in [0, 0.05) is 31.1 Å². The molecule has 2 saturated heterocycles. The lowest BCUT2D eigenvalue weighted by Gasteiger charge is -2.61. The first-order valence-corrected chi connectivity index (χ1v) is 9.98. The highest BCUT2D eigenvalue weighted by Crippen LogP contribution is 2.56. The molecule has 1 aromatic carbocycles. The minimum atomic E-state index is -0.0732. The highest BCUT2D eigenvalue weighted by Gasteiger charge is 2.57. The first kappa shape index (κ1) is 17.4. The Labute approximate surface area is 156 Å². The van der Waals surface area contributed by atoms with Crippen molar-refractivity contribution in [1.29, 1.82) is 5.26 Å². The molecule has 4 heteroatoms. The van der Waals surface area contributed by atoms with Crippen LogP contribution in [0.15, 0.2) is 18.2 Å². The lowest BCUT2D eigenvalue weighted by Crippen LogP contribution is -2.66. The van der Waals surface area contributed by atoms with Crippen LogP contribution in [0.1, 0.15) is 63.1 Å². The van der Waals surface area contributed by atoms with Gasteiger partial charge >= 0.3 is 6.03 Å². The molecule has 0 aromatic heterocycles. The Kier molecular flexibility index (Phi) is 4.02. The number of piperidine rings is 2. The Morgan fingerprint density at radius 2 is 1.88 bits per heavy atom. The summed E-state index contributed by atoms with van der Waals surface area (Å²) >= 11 is 0. The number of likely N-dealkylation sites (tertiary alicyclic amines) is 2. The highest BCUT2D eigenvalue weighted by atomic mass is 16.2. The van der Waals surface area contributed by atoms with Crippen molar-refractivity contribution < 1.29 is 4.79 Å². The summed E-state index contributed by atoms with van der Waals surface area (Å²) < 4.78 is 0. The number of hydrogen-bond donors (Lipinski definition) is 0. The summed E-state index contributed by atoms with van der Waals surface area (Å²) in [6.45, 7) is 9.49. The monoisotopic (exact) mass is 351 g/mol. The average molecular weight is 351 g/mol. The molecule has 2 bridgehead atoms. The van der Waals surface area contributed by atoms with Gasteiger partial charge in [0.15, 0.2) is 0 Å². The van der Waals surface area contributed by atoms with Gasteiger partial charge in [0.2, 0.25) is 0 Å². The molecule has 2 atom stereocenters. The molecule has 2 aliphatic heterocycles. The van der Waals surface area contributed by atoms with Crippen molar-refractivity contribution >= 4 is 6.03 Å². The molecule has 4 rings (SSSR count). The Hall–Kier alpha value is -2.02. The van der Waals surface area contributed by atoms with Crippen LogP contribution in [0, 0.1) is 16.7 Å². The second kappa shape index (κ2) is 6.01. The fourth-order valence-corrected chi connectivity index (χ4v) is 5.61. The molecule has 0 N–H and O–H groups in total. The van der Waals surface area contributed by atoms with E-state index >= 15 is 0 Å². The Morgan fingerprint density at radius 3 is 2.58 bits per heavy atom. The summed E-state index contributed by atoms with van der Waals surface area (Å²) in [5, 5.41) is 9.66. The fraction of sp³-hybridized carbons (Fsp3) is 0.636. The molecule has 0 saturated carbocycles. The van der Waals surface area contributed by atoms with Gasteiger partial charge in [-0.05, 0) is 54.7 Å². The largest absolute Gasteiger partial charge is 0.325 e. The van der Waals surface area contributed by atoms with Crippen LogP contribution in [-0.4, -0.2) is 41.5 Å². The number of amides is 2. The van der Waals surface area contributed by atoms with Crippen molar-refractivity contribution in [2.24, 2.45) is 5.41 Å². The quantitative estimate of drug-likeness (QED) is 0.707. The van der Waals surface area contributed by atoms with Gasteiger partial charge in [-0.15, -0.1) is 0 Å². The van der Waals surface area contributed by atoms with Gasteiger partial charge in [0.05, 0.1) is 11.6 Å². The van der Waals surface area contributed by atoms with Crippen LogP contribution in [0.3, 0.4) is 0 Å². The number of hydrogen-bond acceptors (Lipinski definition) is 2. The number of nitrogens with zero attached hydrogens (tertiary/aromatic N) is 3. The second-order valence-electron chi connectivity index (χ2n) is 9.00. The molecule has 4 nitrogen and oxygen atoms in total. The fourth-order valence-electron chi connectivity index (χ4n) is 5.61. The molecule has 0 spiro atoms. The zero-order valence-electron chi connectivity index (χ0n) is 16.2. The van der Waals surface area contributed by atoms with Gasteiger partial charge in [-0.1, -0.05) is 32.9 Å². The van der Waals surface area contributed by atoms with E-state index in [9.17, 15) is 10.1 Å². The first-order valence-electron chi connectivity index (χ1n) is 9.98. The maximum atomic E-state index is 13.3. The van der Waals surface area contributed by atoms with E-state index in [0.29, 0.717) is 0 Å². The summed E-state index contributed by atoms with van der Waals surface area (Å²) in [5.74, 6) is 0. The number of benzene rings is 1. The molecule has 3 aliphatic rings. The van der Waals surface area contributed by atoms with Crippen LogP contribution in [0.5, 0.6) is 0 Å². The maximum absolute atomic E-state index is 13.3. The van der Waals surface area contributed by atoms with E-state index in [0.717, 1.165) is 50.9 Å². The second-order valence-corrected chi connectivity index (χ2v) is 9.00. The van der Waals surface area contributed by atoms with Crippen molar-refractivity contribution in [1.82, 2.24) is 9.80 Å². The molecule has 2 amide bonds. The number of carbonyl (C=O) groups excluding carboxylic acids is 1. The topological polar surface area (TPSA) is 47.3 Å². The third-order valence-corrected chi connectivity index (χ3v) is 7.59. The molecule has 2 fully saturated rings. The van der Waals surface area contributed by atoms with Crippen LogP contribution in [0.4, 0.5) is 4.79 Å². The lowest BCUT2D eigenvalue weighted by molar-refractivity contribution is -0.0243. The van der Waals surface area contributed by atoms with Crippen LogP contribution in [-0.2, 0) is 11.8 Å². The predicted molar refractivity (Wildman–Crippen MR) is 102 cm³/mol. The summed E-state index contributed by atoms with van der Waals surface area (Å²) in [6, 6.07) is 8.94. The highest BCUT2D eigenvalue weighted by molar-refractivity contribution is 5.76. The van der Waals surface area contributed by atoms with Crippen LogP contribution >= 0.6 is 0 Å². The first-order chi connectivity index (χ1) is 12.4. The minimum absolute atomic E-state index is 0.0589. The van der Waals surface area contributed by atoms with Crippen molar-refractivity contribution in [2.75, 3.05) is 19.6 Å². The van der Waals surface area contributed by atoms with E-state index in [1.165, 1.54) is 17.5 Å². The Balaban J connectivity index is 1.74. The SMILES string of the molecule is CC12CCN(C(=O)N3CCCCC3)C(Cc3cccc(C#N)c31)C2(C)C. The zero-order valence-corrected chi connectivity index (χ0v) is 16.2. The third-order valence-electron chi connectivity index (χ3n) is 7.59. The number of urea groups is 1. The third kappa shape index (κ3) is 2.29. The molecular formula is C22H29N3O. The summed E-state index contributed by atoms with van der Waals surface area (Å²) in [5.41, 5.74) is 3.17. The van der Waals surface area contributed by atoms with Gasteiger partial charge in [-0.2, -0.15) is 5.26 Å². The molecule has 1 aliphatic carbocycles. The Morgan fingerprint density at radius 1 is 1.15 bits per heavy atom. The standard InChI is InChI=1S/C22H29N3O/c1-21(2)18-14-16-8-7-9-17(15-23)19(16)22(21,3)10-13-25(18)20(26)24-11-5-4-6-12-24/h7-9,18H,4-6,10-14H2,1-3H3. The number of carbonyl (C=O) groups is 1. The predicted octanol–water partition coefficient (Wildman–Crippen LogP) is 4.08. The van der Waals surface area contributed by atoms with E-state index < -0.39 is 0 Å². The molecule has 2 unspecified atom stereocenters. The van der Waals surface area contributed by atoms with Crippen LogP contribution in [0.2, 0.25) is 0 Å². The van der Waals surface area contributed by atoms with Gasteiger partial charge in [0.1, 0.15) is 0 Å². The van der Waals surface area contributed by atoms with Gasteiger partial charge in [-0.25, -0.2) is 4.79 Å². The van der Waals surface area contributed by atoms with Crippen molar-refractivity contribution in [3.05, 3.63) is 34.9 Å². The smallest absolute Gasteiger partial charge is 0.320 e. The van der Waals surface area contributed by atoms with E-state index in [1.807, 2.05) is 12.1 Å². The van der Waals surface area contributed by atoms with E-state index in [1.54, 1.807) is 0 Å². The number of nitriles is 1. The summed E-state index contributed by atoms with van der Waals surface area (Å²) in [4.78, 5) is 17.5. The van der Waals surface area contributed by atoms with E-state index in [-0.39, 0.29) is 22.9 Å². The van der Waals surface area contributed by atoms with Crippen molar-refractivity contribution in [2.45, 2.75) is 64.3 Å². The number of fused-ring (bicyclic) bond motifs is 4. The van der Waals surface area contributed by atoms with Gasteiger partial charge in [-0.3, -0.25) is 0 Å². The molecule has 2 heterocycles. The van der Waals surface area contributed by atoms with Gasteiger partial charge in [0.25, 0.3) is 0 Å². The zero-order chi connectivity index (χ0) is 18.5. The molecule has 1 aromatic rings. The van der Waals surface area contributed by atoms with E-state index in [4.69, 9.17) is 0 Å². The molecule has 138 valence electrons. The van der Waals surface area contributed by atoms with Crippen molar-refractivity contribution in [3.63, 3.8) is 0 Å². The van der Waals surface area contributed by atoms with Crippen LogP contribution in [0.25, 0.3) is 0 Å². The summed E-state index contributed by atoms with van der Waals surface area (Å²) in [6.07, 6.45) is 5.26. The maximum Gasteiger partial charge on any atom is 0.320 e. The number of rotatable bonds is 0. The lowest BCUT2D eigenvalue weighted by atomic mass is 9.50. The van der Waals surface area contributed by atoms with E-state index in [2.05, 4.69) is 42.7 Å². The minimum Gasteiger partial charge on any atom is -0.325 e. The van der Waals surface area contributed by atoms with Crippen LogP contribution < -0.4 is 0 Å². The molecule has 26 heavy (non-hydrogen) atoms. The Bertz CT molecular complexity index is 772. The van der Waals surface area contributed by atoms with Crippen molar-refractivity contribution in [3.8, 4) is 6.07 Å².